The van der Waals surface area contributed by atoms with E-state index in [4.69, 9.17) is 4.74 Å². The molecule has 2 aromatic heterocycles. The molecule has 2 N–H and O–H groups in total. The van der Waals surface area contributed by atoms with E-state index >= 15 is 4.39 Å². The predicted octanol–water partition coefficient (Wildman–Crippen LogP) is 5.11. The number of aliphatic carboxylic acids is 1. The van der Waals surface area contributed by atoms with Gasteiger partial charge >= 0.3 is 5.97 Å². The number of aromatic nitrogens is 3. The van der Waals surface area contributed by atoms with Crippen LogP contribution in [-0.4, -0.2) is 57.9 Å². The second-order valence-corrected chi connectivity index (χ2v) is 9.63. The van der Waals surface area contributed by atoms with Crippen LogP contribution in [0.2, 0.25) is 0 Å². The van der Waals surface area contributed by atoms with E-state index in [0.29, 0.717) is 24.2 Å². The van der Waals surface area contributed by atoms with Gasteiger partial charge in [0.1, 0.15) is 11.9 Å². The molecule has 0 radical (unpaired) electrons. The van der Waals surface area contributed by atoms with Crippen LogP contribution in [0.15, 0.2) is 36.7 Å². The summed E-state index contributed by atoms with van der Waals surface area (Å²) in [7, 11) is 1.59. The summed E-state index contributed by atoms with van der Waals surface area (Å²) in [6.45, 7) is 4.62. The second-order valence-electron chi connectivity index (χ2n) is 9.63. The number of piperidine rings is 1. The molecule has 0 amide bonds. The minimum Gasteiger partial charge on any atom is -0.497 e. The first-order valence-corrected chi connectivity index (χ1v) is 12.4. The van der Waals surface area contributed by atoms with E-state index in [9.17, 15) is 9.90 Å². The number of carboxylic acids is 1. The number of H-pyrrole nitrogens is 1. The molecular formula is C27H35FN4O3. The third-order valence-corrected chi connectivity index (χ3v) is 7.38. The van der Waals surface area contributed by atoms with Gasteiger partial charge in [0.25, 0.3) is 0 Å². The van der Waals surface area contributed by atoms with Gasteiger partial charge in [-0.15, -0.1) is 0 Å². The van der Waals surface area contributed by atoms with Crippen LogP contribution in [0, 0.1) is 18.8 Å². The maximum Gasteiger partial charge on any atom is 0.303 e. The lowest BCUT2D eigenvalue weighted by Gasteiger charge is -2.38. The highest BCUT2D eigenvalue weighted by Crippen LogP contribution is 2.36. The van der Waals surface area contributed by atoms with E-state index in [0.717, 1.165) is 55.5 Å². The second kappa shape index (κ2) is 11.6. The molecule has 4 rings (SSSR count). The maximum absolute atomic E-state index is 15.5. The fourth-order valence-corrected chi connectivity index (χ4v) is 5.39. The van der Waals surface area contributed by atoms with Gasteiger partial charge < -0.3 is 14.7 Å². The molecule has 8 heteroatoms. The number of hydrogen-bond donors (Lipinski definition) is 2. The van der Waals surface area contributed by atoms with Gasteiger partial charge in [-0.25, -0.2) is 4.39 Å². The van der Waals surface area contributed by atoms with Gasteiger partial charge in [-0.05, 0) is 99.3 Å². The molecule has 7 nitrogen and oxygen atoms in total. The molecule has 1 aliphatic heterocycles. The molecule has 0 unspecified atom stereocenters. The number of methoxy groups -OCH3 is 1. The van der Waals surface area contributed by atoms with E-state index in [1.807, 2.05) is 31.3 Å². The van der Waals surface area contributed by atoms with Crippen molar-refractivity contribution in [3.63, 3.8) is 0 Å². The fourth-order valence-electron chi connectivity index (χ4n) is 5.39. The predicted molar refractivity (Wildman–Crippen MR) is 133 cm³/mol. The summed E-state index contributed by atoms with van der Waals surface area (Å²) < 4.78 is 20.8. The van der Waals surface area contributed by atoms with Crippen molar-refractivity contribution < 1.29 is 19.0 Å². The molecule has 1 fully saturated rings. The summed E-state index contributed by atoms with van der Waals surface area (Å²) >= 11 is 0. The van der Waals surface area contributed by atoms with Crippen LogP contribution < -0.4 is 4.74 Å². The summed E-state index contributed by atoms with van der Waals surface area (Å²) in [5, 5.41) is 17.3. The van der Waals surface area contributed by atoms with Crippen LogP contribution >= 0.6 is 0 Å². The Hall–Kier alpha value is -3.00. The number of ether oxygens (including phenoxy) is 1. The zero-order valence-electron chi connectivity index (χ0n) is 20.5. The Bertz CT molecular complexity index is 1130. The standard InChI is InChI=1S/C27H35FN4O3/c1-18-20(16-30-31-18)4-3-12-32-13-10-19(21(17-32)14-27(33)34)5-7-25(28)23-9-11-29-26-8-6-22(35-2)15-24(23)26/h6,8-9,11,15-16,19,21,25H,3-5,7,10,12-14,17H2,1-2H3,(H,30,31)(H,33,34)/t19-,21+,25-/m1/s1. The Morgan fingerprint density at radius 1 is 1.34 bits per heavy atom. The van der Waals surface area contributed by atoms with E-state index in [2.05, 4.69) is 20.1 Å². The van der Waals surface area contributed by atoms with E-state index in [1.54, 1.807) is 19.4 Å². The Labute approximate surface area is 205 Å². The lowest BCUT2D eigenvalue weighted by Crippen LogP contribution is -2.42. The Kier molecular flexibility index (Phi) is 8.33. The molecule has 1 aromatic carbocycles. The van der Waals surface area contributed by atoms with Crippen molar-refractivity contribution in [3.05, 3.63) is 53.5 Å². The number of benzene rings is 1. The third kappa shape index (κ3) is 6.36. The molecule has 0 bridgehead atoms. The lowest BCUT2D eigenvalue weighted by atomic mass is 9.79. The molecular weight excluding hydrogens is 447 g/mol. The Morgan fingerprint density at radius 3 is 2.94 bits per heavy atom. The number of likely N-dealkylation sites (tertiary alicyclic amines) is 1. The van der Waals surface area contributed by atoms with Crippen LogP contribution in [0.5, 0.6) is 5.75 Å². The van der Waals surface area contributed by atoms with Crippen molar-refractivity contribution in [1.82, 2.24) is 20.1 Å². The van der Waals surface area contributed by atoms with Gasteiger partial charge in [-0.3, -0.25) is 14.9 Å². The van der Waals surface area contributed by atoms with Gasteiger partial charge in [0.15, 0.2) is 0 Å². The van der Waals surface area contributed by atoms with Gasteiger partial charge in [0.05, 0.1) is 18.3 Å². The molecule has 0 saturated carbocycles. The summed E-state index contributed by atoms with van der Waals surface area (Å²) in [4.78, 5) is 18.3. The van der Waals surface area contributed by atoms with Crippen molar-refractivity contribution in [3.8, 4) is 5.75 Å². The van der Waals surface area contributed by atoms with Crippen molar-refractivity contribution >= 4 is 16.9 Å². The zero-order valence-corrected chi connectivity index (χ0v) is 20.5. The van der Waals surface area contributed by atoms with Gasteiger partial charge in [0, 0.05) is 30.7 Å². The minimum atomic E-state index is -1.13. The smallest absolute Gasteiger partial charge is 0.303 e. The Morgan fingerprint density at radius 2 is 2.20 bits per heavy atom. The Balaban J connectivity index is 1.35. The van der Waals surface area contributed by atoms with Crippen LogP contribution in [0.4, 0.5) is 4.39 Å². The largest absolute Gasteiger partial charge is 0.497 e. The first-order valence-electron chi connectivity index (χ1n) is 12.4. The number of carboxylic acid groups (broad SMARTS) is 1. The van der Waals surface area contributed by atoms with Gasteiger partial charge in [-0.2, -0.15) is 5.10 Å². The SMILES string of the molecule is COc1ccc2nccc([C@H](F)CC[C@@H]3CCN(CCCc4c[nH]nc4C)C[C@@H]3CC(=O)O)c2c1. The van der Waals surface area contributed by atoms with Crippen LogP contribution in [0.25, 0.3) is 10.9 Å². The molecule has 1 aliphatic rings. The molecule has 35 heavy (non-hydrogen) atoms. The number of rotatable bonds is 11. The lowest BCUT2D eigenvalue weighted by molar-refractivity contribution is -0.139. The number of fused-ring (bicyclic) bond motifs is 1. The number of carbonyl (C=O) groups is 1. The molecule has 1 saturated heterocycles. The van der Waals surface area contributed by atoms with Crippen LogP contribution in [-0.2, 0) is 11.2 Å². The molecule has 0 aliphatic carbocycles. The topological polar surface area (TPSA) is 91.3 Å². The zero-order chi connectivity index (χ0) is 24.8. The van der Waals surface area contributed by atoms with Gasteiger partial charge in [-0.1, -0.05) is 0 Å². The number of aromatic amines is 1. The van der Waals surface area contributed by atoms with Crippen LogP contribution in [0.3, 0.4) is 0 Å². The molecule has 3 aromatic rings. The third-order valence-electron chi connectivity index (χ3n) is 7.38. The highest BCUT2D eigenvalue weighted by atomic mass is 19.1. The average Bonchev–Trinajstić information content (AvgIpc) is 3.26. The molecule has 3 atom stereocenters. The minimum absolute atomic E-state index is 0.0402. The van der Waals surface area contributed by atoms with E-state index in [1.165, 1.54) is 5.56 Å². The first kappa shape index (κ1) is 25.1. The fraction of sp³-hybridized carbons (Fsp3) is 0.519. The summed E-state index contributed by atoms with van der Waals surface area (Å²) in [5.41, 5.74) is 3.63. The van der Waals surface area contributed by atoms with Gasteiger partial charge in [0.2, 0.25) is 0 Å². The van der Waals surface area contributed by atoms with Crippen molar-refractivity contribution in [2.24, 2.45) is 11.8 Å². The summed E-state index contributed by atoms with van der Waals surface area (Å²) in [5.74, 6) is 0.147. The number of halogens is 1. The highest BCUT2D eigenvalue weighted by Gasteiger charge is 2.31. The molecule has 0 spiro atoms. The van der Waals surface area contributed by atoms with Crippen molar-refractivity contribution in [2.45, 2.75) is 51.6 Å². The quantitative estimate of drug-likeness (QED) is 0.395. The number of hydrogen-bond acceptors (Lipinski definition) is 5. The number of alkyl halides is 1. The normalized spacial score (nSPS) is 19.6. The first-order chi connectivity index (χ1) is 16.9. The summed E-state index contributed by atoms with van der Waals surface area (Å²) in [6, 6.07) is 7.25. The van der Waals surface area contributed by atoms with E-state index in [-0.39, 0.29) is 18.3 Å². The molecule has 3 heterocycles. The highest BCUT2D eigenvalue weighted by molar-refractivity contribution is 5.83. The average molecular weight is 483 g/mol. The number of nitrogens with zero attached hydrogens (tertiary/aromatic N) is 3. The number of pyridine rings is 1. The number of aryl methyl sites for hydroxylation is 2. The summed E-state index contributed by atoms with van der Waals surface area (Å²) in [6.07, 6.45) is 6.52. The van der Waals surface area contributed by atoms with Crippen LogP contribution in [0.1, 0.15) is 55.1 Å². The monoisotopic (exact) mass is 482 g/mol. The van der Waals surface area contributed by atoms with Crippen molar-refractivity contribution in [2.75, 3.05) is 26.7 Å². The maximum atomic E-state index is 15.5. The van der Waals surface area contributed by atoms with Crippen molar-refractivity contribution in [1.29, 1.82) is 0 Å². The van der Waals surface area contributed by atoms with E-state index < -0.39 is 12.1 Å². The molecule has 188 valence electrons. The number of nitrogens with one attached hydrogen (secondary N) is 1.